The third kappa shape index (κ3) is 2.48. The number of allylic oxidation sites excluding steroid dienone is 3. The standard InChI is InChI=1S/C14H10N4O3/c19-14-6-5-11(18(20)21)7-10(14)8-16-17-9-15-12-3-1-2-4-13(12)17/h1-10H/b16-8+. The third-order valence-corrected chi connectivity index (χ3v) is 3.09. The Morgan fingerprint density at radius 3 is 2.95 bits per heavy atom. The van der Waals surface area contributed by atoms with E-state index in [0.717, 1.165) is 11.0 Å². The number of carbonyl (C=O) groups is 1. The Morgan fingerprint density at radius 1 is 1.33 bits per heavy atom. The maximum atomic E-state index is 11.7. The second kappa shape index (κ2) is 5.12. The molecule has 0 saturated heterocycles. The highest BCUT2D eigenvalue weighted by atomic mass is 16.6. The molecule has 0 bridgehead atoms. The Bertz CT molecular complexity index is 816. The molecule has 0 fully saturated rings. The van der Waals surface area contributed by atoms with Crippen LogP contribution in [0.1, 0.15) is 0 Å². The van der Waals surface area contributed by atoms with Crippen LogP contribution in [-0.2, 0) is 4.79 Å². The monoisotopic (exact) mass is 282 g/mol. The van der Waals surface area contributed by atoms with Gasteiger partial charge < -0.3 is 0 Å². The Morgan fingerprint density at radius 2 is 2.14 bits per heavy atom. The van der Waals surface area contributed by atoms with Crippen molar-refractivity contribution in [1.29, 1.82) is 0 Å². The van der Waals surface area contributed by atoms with Gasteiger partial charge in [0.2, 0.25) is 0 Å². The zero-order chi connectivity index (χ0) is 14.8. The largest absolute Gasteiger partial charge is 0.294 e. The van der Waals surface area contributed by atoms with E-state index in [1.165, 1.54) is 35.4 Å². The van der Waals surface area contributed by atoms with Crippen LogP contribution in [0.25, 0.3) is 11.0 Å². The maximum Gasteiger partial charge on any atom is 0.266 e. The van der Waals surface area contributed by atoms with Gasteiger partial charge in [0, 0.05) is 18.4 Å². The summed E-state index contributed by atoms with van der Waals surface area (Å²) in [6.45, 7) is 0. The van der Waals surface area contributed by atoms with Crippen LogP contribution in [0.2, 0.25) is 0 Å². The average Bonchev–Trinajstić information content (AvgIpc) is 2.89. The van der Waals surface area contributed by atoms with E-state index in [1.54, 1.807) is 0 Å². The van der Waals surface area contributed by atoms with Gasteiger partial charge in [0.25, 0.3) is 5.70 Å². The van der Waals surface area contributed by atoms with E-state index in [4.69, 9.17) is 0 Å². The summed E-state index contributed by atoms with van der Waals surface area (Å²) in [5.41, 5.74) is 1.47. The first-order valence-electron chi connectivity index (χ1n) is 6.20. The number of aromatic nitrogens is 2. The van der Waals surface area contributed by atoms with E-state index in [1.807, 2.05) is 24.3 Å². The molecule has 1 aromatic heterocycles. The minimum Gasteiger partial charge on any atom is -0.294 e. The first-order valence-corrected chi connectivity index (χ1v) is 6.20. The number of benzene rings is 1. The van der Waals surface area contributed by atoms with Crippen LogP contribution in [0.3, 0.4) is 0 Å². The lowest BCUT2D eigenvalue weighted by molar-refractivity contribution is -0.419. The number of imidazole rings is 1. The number of carbonyl (C=O) groups excluding carboxylic acids is 1. The molecule has 1 heterocycles. The van der Waals surface area contributed by atoms with Crippen molar-refractivity contribution >= 4 is 23.0 Å². The first-order chi connectivity index (χ1) is 10.1. The van der Waals surface area contributed by atoms with Crippen molar-refractivity contribution in [3.8, 4) is 0 Å². The molecule has 1 aliphatic rings. The van der Waals surface area contributed by atoms with E-state index >= 15 is 0 Å². The molecule has 1 aliphatic carbocycles. The van der Waals surface area contributed by atoms with E-state index in [2.05, 4.69) is 10.1 Å². The Labute approximate surface area is 119 Å². The molecule has 7 nitrogen and oxygen atoms in total. The van der Waals surface area contributed by atoms with Gasteiger partial charge in [-0.2, -0.15) is 5.10 Å². The third-order valence-electron chi connectivity index (χ3n) is 3.09. The molecule has 0 amide bonds. The summed E-state index contributed by atoms with van der Waals surface area (Å²) in [4.78, 5) is 26.1. The van der Waals surface area contributed by atoms with Crippen molar-refractivity contribution in [3.05, 3.63) is 64.6 Å². The molecule has 0 N–H and O–H groups in total. The van der Waals surface area contributed by atoms with Gasteiger partial charge in [-0.25, -0.2) is 9.66 Å². The van der Waals surface area contributed by atoms with Gasteiger partial charge in [-0.15, -0.1) is 0 Å². The highest BCUT2D eigenvalue weighted by Gasteiger charge is 2.21. The molecular formula is C14H10N4O3. The summed E-state index contributed by atoms with van der Waals surface area (Å²) >= 11 is 0. The van der Waals surface area contributed by atoms with Crippen molar-refractivity contribution in [2.75, 3.05) is 0 Å². The zero-order valence-corrected chi connectivity index (χ0v) is 10.8. The van der Waals surface area contributed by atoms with E-state index in [-0.39, 0.29) is 11.5 Å². The number of ketones is 1. The smallest absolute Gasteiger partial charge is 0.266 e. The number of hydrogen-bond acceptors (Lipinski definition) is 5. The fraction of sp³-hybridized carbons (Fsp3) is 0.0714. The van der Waals surface area contributed by atoms with Crippen molar-refractivity contribution in [3.63, 3.8) is 0 Å². The van der Waals surface area contributed by atoms with Crippen molar-refractivity contribution in [2.24, 2.45) is 11.0 Å². The van der Waals surface area contributed by atoms with Crippen LogP contribution < -0.4 is 0 Å². The first kappa shape index (κ1) is 12.9. The number of para-hydroxylation sites is 2. The number of nitrogens with zero attached hydrogens (tertiary/aromatic N) is 4. The van der Waals surface area contributed by atoms with E-state index in [9.17, 15) is 14.9 Å². The van der Waals surface area contributed by atoms with Crippen molar-refractivity contribution < 1.29 is 9.72 Å². The summed E-state index contributed by atoms with van der Waals surface area (Å²) < 4.78 is 1.53. The maximum absolute atomic E-state index is 11.7. The molecule has 7 heteroatoms. The highest BCUT2D eigenvalue weighted by Crippen LogP contribution is 2.14. The summed E-state index contributed by atoms with van der Waals surface area (Å²) in [7, 11) is 0. The van der Waals surface area contributed by atoms with Crippen LogP contribution in [0, 0.1) is 16.0 Å². The molecule has 1 unspecified atom stereocenters. The van der Waals surface area contributed by atoms with Gasteiger partial charge in [-0.1, -0.05) is 12.1 Å². The fourth-order valence-electron chi connectivity index (χ4n) is 2.02. The molecular weight excluding hydrogens is 272 g/mol. The second-order valence-corrected chi connectivity index (χ2v) is 4.45. The lowest BCUT2D eigenvalue weighted by Crippen LogP contribution is -2.17. The minimum absolute atomic E-state index is 0.110. The van der Waals surface area contributed by atoms with E-state index < -0.39 is 10.8 Å². The zero-order valence-electron chi connectivity index (χ0n) is 10.8. The van der Waals surface area contributed by atoms with Crippen molar-refractivity contribution in [1.82, 2.24) is 9.66 Å². The number of rotatable bonds is 3. The quantitative estimate of drug-likeness (QED) is 0.487. The van der Waals surface area contributed by atoms with Gasteiger partial charge in [-0.3, -0.25) is 14.9 Å². The summed E-state index contributed by atoms with van der Waals surface area (Å²) in [5.74, 6) is -0.981. The van der Waals surface area contributed by atoms with Crippen LogP contribution in [0.4, 0.5) is 0 Å². The highest BCUT2D eigenvalue weighted by molar-refractivity contribution is 6.04. The molecule has 1 aromatic carbocycles. The molecule has 104 valence electrons. The molecule has 3 rings (SSSR count). The molecule has 0 saturated carbocycles. The topological polar surface area (TPSA) is 90.4 Å². The minimum atomic E-state index is -0.739. The predicted octanol–water partition coefficient (Wildman–Crippen LogP) is 1.79. The number of hydrogen-bond donors (Lipinski definition) is 0. The van der Waals surface area contributed by atoms with Gasteiger partial charge in [-0.05, 0) is 18.2 Å². The van der Waals surface area contributed by atoms with Crippen LogP contribution >= 0.6 is 0 Å². The molecule has 21 heavy (non-hydrogen) atoms. The van der Waals surface area contributed by atoms with Crippen molar-refractivity contribution in [2.45, 2.75) is 0 Å². The lowest BCUT2D eigenvalue weighted by Gasteiger charge is -2.06. The Kier molecular flexibility index (Phi) is 3.15. The second-order valence-electron chi connectivity index (χ2n) is 4.45. The van der Waals surface area contributed by atoms with Gasteiger partial charge >= 0.3 is 0 Å². The van der Waals surface area contributed by atoms with Gasteiger partial charge in [0.15, 0.2) is 5.78 Å². The van der Waals surface area contributed by atoms with E-state index in [0.29, 0.717) is 0 Å². The predicted molar refractivity (Wildman–Crippen MR) is 76.3 cm³/mol. The summed E-state index contributed by atoms with van der Waals surface area (Å²) in [6, 6.07) is 7.42. The lowest BCUT2D eigenvalue weighted by atomic mass is 9.99. The summed E-state index contributed by atoms with van der Waals surface area (Å²) in [6.07, 6.45) is 6.58. The molecule has 0 aliphatic heterocycles. The molecule has 2 aromatic rings. The summed E-state index contributed by atoms with van der Waals surface area (Å²) in [5, 5.41) is 14.9. The van der Waals surface area contributed by atoms with Crippen LogP contribution in [0.5, 0.6) is 0 Å². The normalized spacial score (nSPS) is 18.4. The van der Waals surface area contributed by atoms with Crippen LogP contribution in [0.15, 0.2) is 59.6 Å². The fourth-order valence-corrected chi connectivity index (χ4v) is 2.02. The van der Waals surface area contributed by atoms with Gasteiger partial charge in [0.05, 0.1) is 21.9 Å². The molecule has 1 atom stereocenters. The molecule has 0 radical (unpaired) electrons. The van der Waals surface area contributed by atoms with Gasteiger partial charge in [0.1, 0.15) is 6.33 Å². The average molecular weight is 282 g/mol. The SMILES string of the molecule is O=C1C=CC([N+](=O)[O-])=CC1/C=N/n1cnc2ccccc21. The van der Waals surface area contributed by atoms with Crippen LogP contribution in [-0.4, -0.2) is 26.6 Å². The Balaban J connectivity index is 1.90. The Hall–Kier alpha value is -3.09. The molecule has 0 spiro atoms. The number of nitro groups is 1. The number of fused-ring (bicyclic) bond motifs is 1.